The van der Waals surface area contributed by atoms with Gasteiger partial charge in [0.15, 0.2) is 9.84 Å². The first-order chi connectivity index (χ1) is 7.13. The minimum absolute atomic E-state index is 0.151. The lowest BCUT2D eigenvalue weighted by Crippen LogP contribution is -2.09. The Morgan fingerprint density at radius 2 is 2.00 bits per heavy atom. The van der Waals surface area contributed by atoms with E-state index in [9.17, 15) is 8.42 Å². The molecule has 15 heavy (non-hydrogen) atoms. The Kier molecular flexibility index (Phi) is 2.41. The Bertz CT molecular complexity index is 576. The van der Waals surface area contributed by atoms with E-state index >= 15 is 0 Å². The number of aromatic amines is 1. The normalized spacial score (nSPS) is 12.1. The topological polar surface area (TPSA) is 95.9 Å². The molecule has 0 aliphatic carbocycles. The molecule has 0 bridgehead atoms. The second kappa shape index (κ2) is 3.59. The highest BCUT2D eigenvalue weighted by Crippen LogP contribution is 2.16. The van der Waals surface area contributed by atoms with Gasteiger partial charge in [-0.3, -0.25) is 0 Å². The highest BCUT2D eigenvalue weighted by atomic mass is 32.2. The summed E-state index contributed by atoms with van der Waals surface area (Å²) in [4.78, 5) is 0.151. The Hall–Kier alpha value is -1.47. The van der Waals surface area contributed by atoms with Crippen molar-refractivity contribution in [3.63, 3.8) is 0 Å². The van der Waals surface area contributed by atoms with Crippen molar-refractivity contribution in [3.05, 3.63) is 18.2 Å². The number of benzene rings is 1. The van der Waals surface area contributed by atoms with Crippen molar-refractivity contribution in [2.24, 2.45) is 0 Å². The summed E-state index contributed by atoms with van der Waals surface area (Å²) in [5, 5.41) is 18.6. The quantitative estimate of drug-likeness (QED) is 0.752. The minimum Gasteiger partial charge on any atom is -0.395 e. The SMILES string of the molecule is O=S(=O)(CCO)c1ccc2n[nH]nc2c1. The summed E-state index contributed by atoms with van der Waals surface area (Å²) in [5.74, 6) is -0.281. The fourth-order valence-corrected chi connectivity index (χ4v) is 2.29. The van der Waals surface area contributed by atoms with Crippen LogP contribution in [0.15, 0.2) is 23.1 Å². The molecule has 0 spiro atoms. The van der Waals surface area contributed by atoms with Crippen LogP contribution < -0.4 is 0 Å². The van der Waals surface area contributed by atoms with E-state index in [2.05, 4.69) is 15.4 Å². The van der Waals surface area contributed by atoms with Crippen LogP contribution in [0.3, 0.4) is 0 Å². The third-order valence-corrected chi connectivity index (χ3v) is 3.70. The molecule has 0 atom stereocenters. The van der Waals surface area contributed by atoms with Crippen LogP contribution in [0.5, 0.6) is 0 Å². The number of aromatic nitrogens is 3. The van der Waals surface area contributed by atoms with Crippen LogP contribution in [0, 0.1) is 0 Å². The average molecular weight is 227 g/mol. The number of fused-ring (bicyclic) bond motifs is 1. The van der Waals surface area contributed by atoms with E-state index < -0.39 is 9.84 Å². The predicted octanol–water partition coefficient (Wildman–Crippen LogP) is -0.276. The van der Waals surface area contributed by atoms with E-state index in [0.717, 1.165) is 0 Å². The van der Waals surface area contributed by atoms with Crippen molar-refractivity contribution in [1.82, 2.24) is 15.4 Å². The molecule has 0 radical (unpaired) electrons. The first-order valence-electron chi connectivity index (χ1n) is 4.27. The molecule has 1 aromatic heterocycles. The van der Waals surface area contributed by atoms with Crippen LogP contribution >= 0.6 is 0 Å². The number of sulfone groups is 1. The first-order valence-corrected chi connectivity index (χ1v) is 5.93. The molecule has 7 heteroatoms. The number of nitrogens with zero attached hydrogens (tertiary/aromatic N) is 2. The van der Waals surface area contributed by atoms with Crippen molar-refractivity contribution >= 4 is 20.9 Å². The van der Waals surface area contributed by atoms with Crippen LogP contribution in [-0.2, 0) is 9.84 Å². The van der Waals surface area contributed by atoms with E-state index in [-0.39, 0.29) is 17.3 Å². The van der Waals surface area contributed by atoms with Crippen molar-refractivity contribution in [2.45, 2.75) is 4.90 Å². The molecule has 1 aromatic carbocycles. The van der Waals surface area contributed by atoms with Gasteiger partial charge in [-0.2, -0.15) is 15.4 Å². The molecule has 2 N–H and O–H groups in total. The number of nitrogens with one attached hydrogen (secondary N) is 1. The van der Waals surface area contributed by atoms with Crippen molar-refractivity contribution in [3.8, 4) is 0 Å². The Morgan fingerprint density at radius 3 is 2.73 bits per heavy atom. The lowest BCUT2D eigenvalue weighted by molar-refractivity contribution is 0.319. The van der Waals surface area contributed by atoms with E-state index in [4.69, 9.17) is 5.11 Å². The van der Waals surface area contributed by atoms with Crippen LogP contribution in [0.25, 0.3) is 11.0 Å². The molecule has 0 aliphatic rings. The standard InChI is InChI=1S/C8H9N3O3S/c12-3-4-15(13,14)6-1-2-7-8(5-6)10-11-9-7/h1-2,5,12H,3-4H2,(H,9,10,11). The van der Waals surface area contributed by atoms with Gasteiger partial charge in [0, 0.05) is 0 Å². The Labute approximate surface area is 85.8 Å². The molecule has 0 unspecified atom stereocenters. The monoisotopic (exact) mass is 227 g/mol. The number of aliphatic hydroxyl groups is 1. The number of aliphatic hydroxyl groups excluding tert-OH is 1. The second-order valence-corrected chi connectivity index (χ2v) is 5.13. The maximum atomic E-state index is 11.6. The van der Waals surface area contributed by atoms with E-state index in [0.29, 0.717) is 11.0 Å². The first kappa shape index (κ1) is 10.1. The average Bonchev–Trinajstić information content (AvgIpc) is 2.63. The summed E-state index contributed by atoms with van der Waals surface area (Å²) >= 11 is 0. The molecule has 2 aromatic rings. The van der Waals surface area contributed by atoms with E-state index in [1.807, 2.05) is 0 Å². The van der Waals surface area contributed by atoms with Gasteiger partial charge in [0.2, 0.25) is 0 Å². The smallest absolute Gasteiger partial charge is 0.180 e. The van der Waals surface area contributed by atoms with Crippen LogP contribution in [0.2, 0.25) is 0 Å². The molecule has 0 saturated carbocycles. The molecule has 1 heterocycles. The largest absolute Gasteiger partial charge is 0.395 e. The Balaban J connectivity index is 2.52. The van der Waals surface area contributed by atoms with Gasteiger partial charge in [-0.25, -0.2) is 8.42 Å². The summed E-state index contributed by atoms with van der Waals surface area (Å²) in [6.07, 6.45) is 0. The van der Waals surface area contributed by atoms with Gasteiger partial charge in [-0.05, 0) is 18.2 Å². The third kappa shape index (κ3) is 1.83. The highest BCUT2D eigenvalue weighted by molar-refractivity contribution is 7.91. The minimum atomic E-state index is -3.41. The molecular formula is C8H9N3O3S. The fourth-order valence-electron chi connectivity index (χ4n) is 1.25. The zero-order valence-corrected chi connectivity index (χ0v) is 8.53. The van der Waals surface area contributed by atoms with Gasteiger partial charge in [0.25, 0.3) is 0 Å². The fraction of sp³-hybridized carbons (Fsp3) is 0.250. The highest BCUT2D eigenvalue weighted by Gasteiger charge is 2.14. The van der Waals surface area contributed by atoms with E-state index in [1.165, 1.54) is 12.1 Å². The molecule has 0 saturated heterocycles. The molecule has 0 fully saturated rings. The van der Waals surface area contributed by atoms with Gasteiger partial charge in [0.1, 0.15) is 11.0 Å². The van der Waals surface area contributed by atoms with Crippen molar-refractivity contribution in [1.29, 1.82) is 0 Å². The number of H-pyrrole nitrogens is 1. The molecular weight excluding hydrogens is 218 g/mol. The summed E-state index contributed by atoms with van der Waals surface area (Å²) in [7, 11) is -3.41. The number of hydrogen-bond donors (Lipinski definition) is 2. The van der Waals surface area contributed by atoms with Crippen molar-refractivity contribution < 1.29 is 13.5 Å². The van der Waals surface area contributed by atoms with Crippen LogP contribution in [-0.4, -0.2) is 41.3 Å². The summed E-state index contributed by atoms with van der Waals surface area (Å²) < 4.78 is 23.2. The maximum absolute atomic E-state index is 11.6. The van der Waals surface area contributed by atoms with Gasteiger partial charge < -0.3 is 5.11 Å². The zero-order chi connectivity index (χ0) is 10.9. The summed E-state index contributed by atoms with van der Waals surface area (Å²) in [6, 6.07) is 4.46. The second-order valence-electron chi connectivity index (χ2n) is 3.02. The van der Waals surface area contributed by atoms with Crippen LogP contribution in [0.4, 0.5) is 0 Å². The third-order valence-electron chi connectivity index (χ3n) is 2.01. The lowest BCUT2D eigenvalue weighted by atomic mass is 10.3. The molecule has 0 aliphatic heterocycles. The number of hydrogen-bond acceptors (Lipinski definition) is 5. The lowest BCUT2D eigenvalue weighted by Gasteiger charge is -2.00. The summed E-state index contributed by atoms with van der Waals surface area (Å²) in [5.41, 5.74) is 1.10. The predicted molar refractivity (Wildman–Crippen MR) is 53.0 cm³/mol. The molecule has 80 valence electrons. The van der Waals surface area contributed by atoms with Crippen LogP contribution in [0.1, 0.15) is 0 Å². The van der Waals surface area contributed by atoms with Gasteiger partial charge >= 0.3 is 0 Å². The molecule has 2 rings (SSSR count). The van der Waals surface area contributed by atoms with Gasteiger partial charge in [0.05, 0.1) is 17.3 Å². The zero-order valence-electron chi connectivity index (χ0n) is 7.71. The molecule has 6 nitrogen and oxygen atoms in total. The maximum Gasteiger partial charge on any atom is 0.180 e. The van der Waals surface area contributed by atoms with Crippen molar-refractivity contribution in [2.75, 3.05) is 12.4 Å². The van der Waals surface area contributed by atoms with Gasteiger partial charge in [-0.1, -0.05) is 0 Å². The number of rotatable bonds is 3. The molecule has 0 amide bonds. The van der Waals surface area contributed by atoms with E-state index in [1.54, 1.807) is 6.07 Å². The van der Waals surface area contributed by atoms with Gasteiger partial charge in [-0.15, -0.1) is 0 Å². The summed E-state index contributed by atoms with van der Waals surface area (Å²) in [6.45, 7) is -0.390. The Morgan fingerprint density at radius 1 is 1.27 bits per heavy atom.